The van der Waals surface area contributed by atoms with E-state index >= 15 is 0 Å². The Balaban J connectivity index is 2.05. The number of sulfone groups is 1. The summed E-state index contributed by atoms with van der Waals surface area (Å²) in [7, 11) is -1.82. The van der Waals surface area contributed by atoms with Gasteiger partial charge in [0, 0.05) is 6.42 Å². The van der Waals surface area contributed by atoms with Gasteiger partial charge in [0.15, 0.2) is 15.7 Å². The fourth-order valence-electron chi connectivity index (χ4n) is 2.04. The van der Waals surface area contributed by atoms with Gasteiger partial charge in [-0.1, -0.05) is 31.1 Å². The average molecular weight is 324 g/mol. The molecule has 0 bridgehead atoms. The molecule has 0 fully saturated rings. The maximum absolute atomic E-state index is 12.2. The van der Waals surface area contributed by atoms with Crippen molar-refractivity contribution in [1.82, 2.24) is 10.1 Å². The molecule has 0 unspecified atom stereocenters. The predicted molar refractivity (Wildman–Crippen MR) is 82.2 cm³/mol. The van der Waals surface area contributed by atoms with Crippen LogP contribution < -0.4 is 4.74 Å². The average Bonchev–Trinajstić information content (AvgIpc) is 2.83. The first kappa shape index (κ1) is 16.5. The number of hydrogen-bond acceptors (Lipinski definition) is 6. The summed E-state index contributed by atoms with van der Waals surface area (Å²) >= 11 is 0. The molecule has 0 spiro atoms. The zero-order valence-corrected chi connectivity index (χ0v) is 13.8. The molecule has 0 aliphatic heterocycles. The van der Waals surface area contributed by atoms with Crippen LogP contribution in [-0.4, -0.2) is 25.7 Å². The van der Waals surface area contributed by atoms with Crippen molar-refractivity contribution in [3.63, 3.8) is 0 Å². The van der Waals surface area contributed by atoms with Crippen molar-refractivity contribution in [2.75, 3.05) is 7.11 Å². The van der Waals surface area contributed by atoms with Gasteiger partial charge in [-0.25, -0.2) is 8.42 Å². The summed E-state index contributed by atoms with van der Waals surface area (Å²) in [4.78, 5) is 4.13. The Bertz CT molecular complexity index is 723. The van der Waals surface area contributed by atoms with Gasteiger partial charge in [0.25, 0.3) is 0 Å². The van der Waals surface area contributed by atoms with E-state index in [1.54, 1.807) is 31.4 Å². The Morgan fingerprint density at radius 1 is 1.27 bits per heavy atom. The summed E-state index contributed by atoms with van der Waals surface area (Å²) in [6, 6.07) is 6.99. The first-order valence-electron chi connectivity index (χ1n) is 7.03. The monoisotopic (exact) mass is 324 g/mol. The summed E-state index contributed by atoms with van der Waals surface area (Å²) < 4.78 is 34.6. The second kappa shape index (κ2) is 6.91. The van der Waals surface area contributed by atoms with E-state index in [1.165, 1.54) is 0 Å². The minimum Gasteiger partial charge on any atom is -0.497 e. The third-order valence-electron chi connectivity index (χ3n) is 2.96. The van der Waals surface area contributed by atoms with Crippen LogP contribution in [0.25, 0.3) is 0 Å². The van der Waals surface area contributed by atoms with Crippen molar-refractivity contribution in [1.29, 1.82) is 0 Å². The van der Waals surface area contributed by atoms with Gasteiger partial charge in [0.2, 0.25) is 5.89 Å². The largest absolute Gasteiger partial charge is 0.497 e. The van der Waals surface area contributed by atoms with Crippen molar-refractivity contribution in [3.05, 3.63) is 41.5 Å². The number of methoxy groups -OCH3 is 1. The first-order valence-corrected chi connectivity index (χ1v) is 8.85. The molecular weight excluding hydrogens is 304 g/mol. The van der Waals surface area contributed by atoms with Crippen LogP contribution in [-0.2, 0) is 27.8 Å². The van der Waals surface area contributed by atoms with E-state index in [1.807, 2.05) is 13.8 Å². The lowest BCUT2D eigenvalue weighted by Crippen LogP contribution is -2.09. The molecule has 1 aromatic carbocycles. The van der Waals surface area contributed by atoms with Crippen LogP contribution >= 0.6 is 0 Å². The maximum Gasteiger partial charge on any atom is 0.226 e. The quantitative estimate of drug-likeness (QED) is 0.778. The van der Waals surface area contributed by atoms with Gasteiger partial charge in [-0.3, -0.25) is 0 Å². The molecule has 0 aliphatic carbocycles. The van der Waals surface area contributed by atoms with E-state index in [2.05, 4.69) is 10.1 Å². The fourth-order valence-corrected chi connectivity index (χ4v) is 3.34. The molecule has 0 saturated heterocycles. The molecule has 22 heavy (non-hydrogen) atoms. The normalized spacial score (nSPS) is 11.8. The Hall–Kier alpha value is -1.89. The van der Waals surface area contributed by atoms with Crippen LogP contribution in [0, 0.1) is 5.92 Å². The van der Waals surface area contributed by atoms with Gasteiger partial charge in [0.1, 0.15) is 11.5 Å². The summed E-state index contributed by atoms with van der Waals surface area (Å²) in [5.74, 6) is 1.37. The second-order valence-corrected chi connectivity index (χ2v) is 7.65. The lowest BCUT2D eigenvalue weighted by molar-refractivity contribution is 0.359. The highest BCUT2D eigenvalue weighted by molar-refractivity contribution is 7.89. The Morgan fingerprint density at radius 3 is 2.73 bits per heavy atom. The van der Waals surface area contributed by atoms with E-state index in [0.29, 0.717) is 29.5 Å². The van der Waals surface area contributed by atoms with Gasteiger partial charge >= 0.3 is 0 Å². The van der Waals surface area contributed by atoms with E-state index in [4.69, 9.17) is 9.26 Å². The first-order chi connectivity index (χ1) is 10.4. The van der Waals surface area contributed by atoms with Gasteiger partial charge in [-0.2, -0.15) is 4.98 Å². The molecule has 0 radical (unpaired) electrons. The van der Waals surface area contributed by atoms with Gasteiger partial charge < -0.3 is 9.26 Å². The molecular formula is C15H20N2O4S. The predicted octanol–water partition coefficient (Wildman–Crippen LogP) is 2.39. The highest BCUT2D eigenvalue weighted by Gasteiger charge is 2.18. The number of ether oxygens (including phenoxy) is 1. The molecule has 120 valence electrons. The van der Waals surface area contributed by atoms with Crippen LogP contribution in [0.4, 0.5) is 0 Å². The molecule has 1 heterocycles. The van der Waals surface area contributed by atoms with Gasteiger partial charge in [-0.15, -0.1) is 0 Å². The van der Waals surface area contributed by atoms with Crippen molar-refractivity contribution < 1.29 is 17.7 Å². The molecule has 0 saturated carbocycles. The minimum absolute atomic E-state index is 0.0851. The topological polar surface area (TPSA) is 82.3 Å². The third kappa shape index (κ3) is 4.84. The zero-order chi connectivity index (χ0) is 16.2. The SMILES string of the molecule is COc1cccc(CS(=O)(=O)Cc2noc(CC(C)C)n2)c1. The number of benzene rings is 1. The van der Waals surface area contributed by atoms with E-state index < -0.39 is 9.84 Å². The van der Waals surface area contributed by atoms with Crippen LogP contribution in [0.15, 0.2) is 28.8 Å². The van der Waals surface area contributed by atoms with E-state index in [0.717, 1.165) is 0 Å². The third-order valence-corrected chi connectivity index (χ3v) is 4.43. The molecule has 0 N–H and O–H groups in total. The Kier molecular flexibility index (Phi) is 5.18. The van der Waals surface area contributed by atoms with Crippen molar-refractivity contribution in [2.24, 2.45) is 5.92 Å². The molecule has 2 rings (SSSR count). The lowest BCUT2D eigenvalue weighted by Gasteiger charge is -2.04. The Morgan fingerprint density at radius 2 is 2.05 bits per heavy atom. The van der Waals surface area contributed by atoms with E-state index in [-0.39, 0.29) is 17.3 Å². The summed E-state index contributed by atoms with van der Waals surface area (Å²) in [6.07, 6.45) is 0.642. The lowest BCUT2D eigenvalue weighted by atomic mass is 10.1. The number of aromatic nitrogens is 2. The van der Waals surface area contributed by atoms with Gasteiger partial charge in [-0.05, 0) is 23.6 Å². The van der Waals surface area contributed by atoms with Crippen molar-refractivity contribution in [3.8, 4) is 5.75 Å². The molecule has 7 heteroatoms. The number of hydrogen-bond donors (Lipinski definition) is 0. The molecule has 6 nitrogen and oxygen atoms in total. The molecule has 0 atom stereocenters. The molecule has 1 aromatic heterocycles. The number of nitrogens with zero attached hydrogens (tertiary/aromatic N) is 2. The second-order valence-electron chi connectivity index (χ2n) is 5.59. The fraction of sp³-hybridized carbons (Fsp3) is 0.467. The van der Waals surface area contributed by atoms with E-state index in [9.17, 15) is 8.42 Å². The maximum atomic E-state index is 12.2. The minimum atomic E-state index is -3.37. The summed E-state index contributed by atoms with van der Waals surface area (Å²) in [5.41, 5.74) is 0.672. The van der Waals surface area contributed by atoms with Gasteiger partial charge in [0.05, 0.1) is 12.9 Å². The van der Waals surface area contributed by atoms with Crippen LogP contribution in [0.3, 0.4) is 0 Å². The number of rotatable bonds is 7. The summed E-state index contributed by atoms with van der Waals surface area (Å²) in [5, 5.41) is 3.74. The summed E-state index contributed by atoms with van der Waals surface area (Å²) in [6.45, 7) is 4.06. The zero-order valence-electron chi connectivity index (χ0n) is 12.9. The molecule has 2 aromatic rings. The smallest absolute Gasteiger partial charge is 0.226 e. The van der Waals surface area contributed by atoms with Crippen LogP contribution in [0.2, 0.25) is 0 Å². The molecule has 0 aliphatic rings. The standard InChI is InChI=1S/C15H20N2O4S/c1-11(2)7-15-16-14(17-21-15)10-22(18,19)9-12-5-4-6-13(8-12)20-3/h4-6,8,11H,7,9-10H2,1-3H3. The van der Waals surface area contributed by atoms with Crippen LogP contribution in [0.5, 0.6) is 5.75 Å². The highest BCUT2D eigenvalue weighted by atomic mass is 32.2. The molecule has 0 amide bonds. The van der Waals surface area contributed by atoms with Crippen LogP contribution in [0.1, 0.15) is 31.1 Å². The van der Waals surface area contributed by atoms with Crippen molar-refractivity contribution >= 4 is 9.84 Å². The Labute approximate surface area is 130 Å². The highest BCUT2D eigenvalue weighted by Crippen LogP contribution is 2.17. The van der Waals surface area contributed by atoms with Crippen molar-refractivity contribution in [2.45, 2.75) is 31.8 Å².